The second-order valence-electron chi connectivity index (χ2n) is 5.77. The number of aliphatic hydroxyl groups excluding tert-OH is 1. The van der Waals surface area contributed by atoms with Gasteiger partial charge in [0.2, 0.25) is 0 Å². The summed E-state index contributed by atoms with van der Waals surface area (Å²) in [4.78, 5) is 0. The summed E-state index contributed by atoms with van der Waals surface area (Å²) in [6, 6.07) is 8.61. The van der Waals surface area contributed by atoms with Gasteiger partial charge in [-0.1, -0.05) is 18.2 Å². The van der Waals surface area contributed by atoms with Crippen LogP contribution in [-0.2, 0) is 6.42 Å². The first-order valence-corrected chi connectivity index (χ1v) is 7.15. The normalized spacial score (nSPS) is 18.1. The van der Waals surface area contributed by atoms with Gasteiger partial charge in [0.05, 0.1) is 7.11 Å². The van der Waals surface area contributed by atoms with Gasteiger partial charge in [0, 0.05) is 19.2 Å². The number of hydrogen-bond acceptors (Lipinski definition) is 3. The molecule has 1 aromatic carbocycles. The van der Waals surface area contributed by atoms with E-state index in [2.05, 4.69) is 24.4 Å². The van der Waals surface area contributed by atoms with Crippen molar-refractivity contribution in [1.29, 1.82) is 0 Å². The lowest BCUT2D eigenvalue weighted by atomic mass is 10.0. The van der Waals surface area contributed by atoms with Crippen LogP contribution in [0.2, 0.25) is 0 Å². The van der Waals surface area contributed by atoms with Gasteiger partial charge in [0.15, 0.2) is 0 Å². The number of ether oxygens (including phenoxy) is 1. The highest BCUT2D eigenvalue weighted by atomic mass is 16.5. The first-order chi connectivity index (χ1) is 9.19. The van der Waals surface area contributed by atoms with Crippen LogP contribution < -0.4 is 10.1 Å². The van der Waals surface area contributed by atoms with Crippen molar-refractivity contribution in [2.45, 2.75) is 38.6 Å². The van der Waals surface area contributed by atoms with Gasteiger partial charge in [0.1, 0.15) is 5.75 Å². The van der Waals surface area contributed by atoms with E-state index in [1.54, 1.807) is 7.11 Å². The Morgan fingerprint density at radius 1 is 1.37 bits per heavy atom. The fourth-order valence-electron chi connectivity index (χ4n) is 2.59. The molecule has 0 aliphatic heterocycles. The number of para-hydroxylation sites is 1. The van der Waals surface area contributed by atoms with E-state index in [0.29, 0.717) is 18.1 Å². The van der Waals surface area contributed by atoms with Gasteiger partial charge in [-0.25, -0.2) is 0 Å². The number of benzene rings is 1. The van der Waals surface area contributed by atoms with Gasteiger partial charge < -0.3 is 15.2 Å². The van der Waals surface area contributed by atoms with Crippen molar-refractivity contribution < 1.29 is 9.84 Å². The van der Waals surface area contributed by atoms with Gasteiger partial charge in [0.25, 0.3) is 0 Å². The second kappa shape index (κ2) is 6.40. The highest BCUT2D eigenvalue weighted by molar-refractivity contribution is 5.33. The third-order valence-corrected chi connectivity index (χ3v) is 4.14. The monoisotopic (exact) mass is 263 g/mol. The van der Waals surface area contributed by atoms with E-state index in [9.17, 15) is 0 Å². The summed E-state index contributed by atoms with van der Waals surface area (Å²) in [5, 5.41) is 12.7. The zero-order valence-electron chi connectivity index (χ0n) is 12.0. The van der Waals surface area contributed by atoms with E-state index >= 15 is 0 Å². The van der Waals surface area contributed by atoms with Crippen LogP contribution in [0.3, 0.4) is 0 Å². The van der Waals surface area contributed by atoms with Crippen LogP contribution in [0.4, 0.5) is 0 Å². The van der Waals surface area contributed by atoms with Gasteiger partial charge in [-0.15, -0.1) is 0 Å². The molecule has 3 heteroatoms. The van der Waals surface area contributed by atoms with Crippen molar-refractivity contribution in [2.75, 3.05) is 20.3 Å². The third kappa shape index (κ3) is 3.95. The summed E-state index contributed by atoms with van der Waals surface area (Å²) in [5.74, 6) is 0.965. The predicted molar refractivity (Wildman–Crippen MR) is 77.5 cm³/mol. The lowest BCUT2D eigenvalue weighted by molar-refractivity contribution is 0.242. The van der Waals surface area contributed by atoms with Crippen molar-refractivity contribution in [2.24, 2.45) is 5.41 Å². The molecule has 1 aliphatic rings. The summed E-state index contributed by atoms with van der Waals surface area (Å²) in [7, 11) is 1.72. The Labute approximate surface area is 116 Å². The zero-order valence-corrected chi connectivity index (χ0v) is 12.0. The number of methoxy groups -OCH3 is 1. The molecule has 3 nitrogen and oxygen atoms in total. The molecule has 1 saturated carbocycles. The molecule has 0 saturated heterocycles. The Kier molecular flexibility index (Phi) is 4.83. The molecule has 0 amide bonds. The highest BCUT2D eigenvalue weighted by Crippen LogP contribution is 2.47. The highest BCUT2D eigenvalue weighted by Gasteiger charge is 2.41. The predicted octanol–water partition coefficient (Wildman–Crippen LogP) is 2.38. The minimum atomic E-state index is 0.308. The summed E-state index contributed by atoms with van der Waals surface area (Å²) < 4.78 is 5.38. The van der Waals surface area contributed by atoms with E-state index in [4.69, 9.17) is 9.84 Å². The molecule has 19 heavy (non-hydrogen) atoms. The fourth-order valence-corrected chi connectivity index (χ4v) is 2.59. The third-order valence-electron chi connectivity index (χ3n) is 4.14. The Bertz CT molecular complexity index is 401. The lowest BCUT2D eigenvalue weighted by Gasteiger charge is -2.20. The number of hydrogen-bond donors (Lipinski definition) is 2. The average Bonchev–Trinajstić information content (AvgIpc) is 3.18. The van der Waals surface area contributed by atoms with Crippen molar-refractivity contribution in [3.8, 4) is 5.75 Å². The molecule has 1 aromatic rings. The molecule has 2 N–H and O–H groups in total. The van der Waals surface area contributed by atoms with Crippen LogP contribution in [0.5, 0.6) is 5.75 Å². The number of rotatable bonds is 8. The topological polar surface area (TPSA) is 41.5 Å². The number of nitrogens with one attached hydrogen (secondary N) is 1. The van der Waals surface area contributed by atoms with E-state index in [1.807, 2.05) is 12.1 Å². The van der Waals surface area contributed by atoms with Crippen molar-refractivity contribution in [3.05, 3.63) is 29.8 Å². The van der Waals surface area contributed by atoms with Gasteiger partial charge in [-0.05, 0) is 49.7 Å². The maximum absolute atomic E-state index is 9.07. The SMILES string of the molecule is COc1ccccc1CC(C)NCC1(CCO)CC1. The molecule has 0 spiro atoms. The molecule has 1 atom stereocenters. The molecule has 1 aliphatic carbocycles. The molecular formula is C16H25NO2. The average molecular weight is 263 g/mol. The summed E-state index contributed by atoms with van der Waals surface area (Å²) in [6.07, 6.45) is 4.41. The Morgan fingerprint density at radius 2 is 2.11 bits per heavy atom. The van der Waals surface area contributed by atoms with Crippen molar-refractivity contribution in [1.82, 2.24) is 5.32 Å². The molecule has 106 valence electrons. The zero-order chi connectivity index (χ0) is 13.7. The van der Waals surface area contributed by atoms with Crippen LogP contribution in [-0.4, -0.2) is 31.4 Å². The quantitative estimate of drug-likeness (QED) is 0.756. The molecule has 0 radical (unpaired) electrons. The van der Waals surface area contributed by atoms with Crippen LogP contribution in [0.1, 0.15) is 31.7 Å². The largest absolute Gasteiger partial charge is 0.496 e. The van der Waals surface area contributed by atoms with Crippen LogP contribution in [0.25, 0.3) is 0 Å². The van der Waals surface area contributed by atoms with E-state index in [0.717, 1.165) is 25.1 Å². The fraction of sp³-hybridized carbons (Fsp3) is 0.625. The summed E-state index contributed by atoms with van der Waals surface area (Å²) >= 11 is 0. The van der Waals surface area contributed by atoms with Gasteiger partial charge in [-0.3, -0.25) is 0 Å². The molecule has 2 rings (SSSR count). The van der Waals surface area contributed by atoms with E-state index in [1.165, 1.54) is 18.4 Å². The smallest absolute Gasteiger partial charge is 0.122 e. The Morgan fingerprint density at radius 3 is 2.74 bits per heavy atom. The standard InChI is InChI=1S/C16H25NO2/c1-13(17-12-16(7-8-16)9-10-18)11-14-5-3-4-6-15(14)19-2/h3-6,13,17-18H,7-12H2,1-2H3. The molecule has 0 heterocycles. The Balaban J connectivity index is 1.82. The van der Waals surface area contributed by atoms with Gasteiger partial charge >= 0.3 is 0 Å². The maximum Gasteiger partial charge on any atom is 0.122 e. The lowest BCUT2D eigenvalue weighted by Crippen LogP contribution is -2.34. The molecule has 1 unspecified atom stereocenters. The van der Waals surface area contributed by atoms with Crippen molar-refractivity contribution in [3.63, 3.8) is 0 Å². The first kappa shape index (κ1) is 14.4. The molecule has 1 fully saturated rings. The first-order valence-electron chi connectivity index (χ1n) is 7.15. The van der Waals surface area contributed by atoms with Crippen molar-refractivity contribution >= 4 is 0 Å². The molecule has 0 bridgehead atoms. The van der Waals surface area contributed by atoms with Crippen LogP contribution >= 0.6 is 0 Å². The maximum atomic E-state index is 9.07. The van der Waals surface area contributed by atoms with E-state index < -0.39 is 0 Å². The minimum Gasteiger partial charge on any atom is -0.496 e. The summed E-state index contributed by atoms with van der Waals surface area (Å²) in [6.45, 7) is 3.54. The van der Waals surface area contributed by atoms with Crippen LogP contribution in [0.15, 0.2) is 24.3 Å². The van der Waals surface area contributed by atoms with Crippen LogP contribution in [0, 0.1) is 5.41 Å². The Hall–Kier alpha value is -1.06. The molecule has 0 aromatic heterocycles. The minimum absolute atomic E-state index is 0.308. The van der Waals surface area contributed by atoms with Gasteiger partial charge in [-0.2, -0.15) is 0 Å². The second-order valence-corrected chi connectivity index (χ2v) is 5.77. The molecular weight excluding hydrogens is 238 g/mol. The van der Waals surface area contributed by atoms with E-state index in [-0.39, 0.29) is 0 Å². The summed E-state index contributed by atoms with van der Waals surface area (Å²) in [5.41, 5.74) is 1.63. The number of aliphatic hydroxyl groups is 1.